The van der Waals surface area contributed by atoms with Gasteiger partial charge >= 0.3 is 0 Å². The maximum atomic E-state index is 5.81. The van der Waals surface area contributed by atoms with E-state index in [1.807, 2.05) is 31.2 Å². The molecule has 0 spiro atoms. The average Bonchev–Trinajstić information content (AvgIpc) is 2.44. The monoisotopic (exact) mass is 256 g/mol. The van der Waals surface area contributed by atoms with Crippen LogP contribution in [0.5, 0.6) is 11.5 Å². The summed E-state index contributed by atoms with van der Waals surface area (Å²) >= 11 is 0. The third-order valence-electron chi connectivity index (χ3n) is 2.87. The topological polar surface area (TPSA) is 34.1 Å². The Balaban J connectivity index is 1.97. The highest BCUT2D eigenvalue weighted by Crippen LogP contribution is 2.23. The minimum atomic E-state index is 0.805. The van der Waals surface area contributed by atoms with Gasteiger partial charge in [0.1, 0.15) is 11.5 Å². The molecule has 100 valence electrons. The fourth-order valence-corrected chi connectivity index (χ4v) is 1.79. The maximum absolute atomic E-state index is 5.81. The molecule has 0 saturated heterocycles. The lowest BCUT2D eigenvalue weighted by molar-refractivity contribution is 0.475. The van der Waals surface area contributed by atoms with Crippen LogP contribution in [0.1, 0.15) is 24.6 Å². The van der Waals surface area contributed by atoms with Crippen LogP contribution in [0.4, 0.5) is 0 Å². The van der Waals surface area contributed by atoms with Crippen molar-refractivity contribution in [1.29, 1.82) is 0 Å². The number of aryl methyl sites for hydroxylation is 1. The van der Waals surface area contributed by atoms with Gasteiger partial charge in [0.15, 0.2) is 0 Å². The molecule has 0 bridgehead atoms. The molecule has 2 rings (SSSR count). The molecule has 1 aromatic carbocycles. The first-order valence-electron chi connectivity index (χ1n) is 6.68. The molecule has 0 aliphatic rings. The van der Waals surface area contributed by atoms with Crippen LogP contribution in [0.15, 0.2) is 42.6 Å². The van der Waals surface area contributed by atoms with Crippen molar-refractivity contribution in [3.05, 3.63) is 53.9 Å². The van der Waals surface area contributed by atoms with Gasteiger partial charge in [0.25, 0.3) is 0 Å². The molecule has 0 radical (unpaired) electrons. The van der Waals surface area contributed by atoms with Crippen molar-refractivity contribution < 1.29 is 4.74 Å². The highest BCUT2D eigenvalue weighted by atomic mass is 16.5. The number of hydrogen-bond acceptors (Lipinski definition) is 3. The van der Waals surface area contributed by atoms with Crippen LogP contribution in [0.3, 0.4) is 0 Å². The summed E-state index contributed by atoms with van der Waals surface area (Å²) in [4.78, 5) is 4.21. The fourth-order valence-electron chi connectivity index (χ4n) is 1.79. The van der Waals surface area contributed by atoms with Crippen molar-refractivity contribution in [3.8, 4) is 11.5 Å². The van der Waals surface area contributed by atoms with Crippen molar-refractivity contribution in [2.24, 2.45) is 0 Å². The SMILES string of the molecule is CCCNCc1ccc(Oc2cccnc2C)cc1. The highest BCUT2D eigenvalue weighted by molar-refractivity contribution is 5.34. The zero-order chi connectivity index (χ0) is 13.5. The van der Waals surface area contributed by atoms with E-state index in [0.29, 0.717) is 0 Å². The van der Waals surface area contributed by atoms with Crippen LogP contribution in [-0.2, 0) is 6.54 Å². The Morgan fingerprint density at radius 1 is 1.16 bits per heavy atom. The summed E-state index contributed by atoms with van der Waals surface area (Å²) in [5, 5.41) is 3.38. The number of rotatable bonds is 6. The molecule has 0 amide bonds. The second-order valence-corrected chi connectivity index (χ2v) is 4.51. The summed E-state index contributed by atoms with van der Waals surface area (Å²) in [5.74, 6) is 1.65. The predicted octanol–water partition coefficient (Wildman–Crippen LogP) is 3.68. The fraction of sp³-hybridized carbons (Fsp3) is 0.312. The minimum Gasteiger partial charge on any atom is -0.455 e. The van der Waals surface area contributed by atoms with Gasteiger partial charge in [0, 0.05) is 12.7 Å². The predicted molar refractivity (Wildman–Crippen MR) is 77.5 cm³/mol. The zero-order valence-corrected chi connectivity index (χ0v) is 11.5. The molecule has 0 aliphatic carbocycles. The summed E-state index contributed by atoms with van der Waals surface area (Å²) in [5.41, 5.74) is 2.17. The summed E-state index contributed by atoms with van der Waals surface area (Å²) in [6.45, 7) is 6.06. The smallest absolute Gasteiger partial charge is 0.148 e. The van der Waals surface area contributed by atoms with Gasteiger partial charge in [-0.1, -0.05) is 19.1 Å². The lowest BCUT2D eigenvalue weighted by Gasteiger charge is -2.08. The minimum absolute atomic E-state index is 0.805. The first-order valence-corrected chi connectivity index (χ1v) is 6.68. The molecule has 0 atom stereocenters. The first kappa shape index (κ1) is 13.6. The van der Waals surface area contributed by atoms with Crippen LogP contribution < -0.4 is 10.1 Å². The highest BCUT2D eigenvalue weighted by Gasteiger charge is 2.01. The van der Waals surface area contributed by atoms with E-state index in [-0.39, 0.29) is 0 Å². The molecule has 0 unspecified atom stereocenters. The Labute approximate surface area is 114 Å². The van der Waals surface area contributed by atoms with Crippen LogP contribution >= 0.6 is 0 Å². The van der Waals surface area contributed by atoms with Crippen LogP contribution in [0.2, 0.25) is 0 Å². The average molecular weight is 256 g/mol. The summed E-state index contributed by atoms with van der Waals surface area (Å²) in [6, 6.07) is 12.0. The van der Waals surface area contributed by atoms with Gasteiger partial charge in [-0.05, 0) is 49.7 Å². The molecule has 1 heterocycles. The summed E-state index contributed by atoms with van der Waals surface area (Å²) in [6.07, 6.45) is 2.92. The number of pyridine rings is 1. The van der Waals surface area contributed by atoms with Crippen molar-refractivity contribution in [3.63, 3.8) is 0 Å². The van der Waals surface area contributed by atoms with E-state index in [1.165, 1.54) is 5.56 Å². The van der Waals surface area contributed by atoms with Gasteiger partial charge in [0.2, 0.25) is 0 Å². The molecule has 0 aliphatic heterocycles. The number of nitrogens with one attached hydrogen (secondary N) is 1. The second-order valence-electron chi connectivity index (χ2n) is 4.51. The van der Waals surface area contributed by atoms with E-state index in [4.69, 9.17) is 4.74 Å². The Morgan fingerprint density at radius 2 is 1.95 bits per heavy atom. The van der Waals surface area contributed by atoms with E-state index in [9.17, 15) is 0 Å². The van der Waals surface area contributed by atoms with E-state index < -0.39 is 0 Å². The Morgan fingerprint density at radius 3 is 2.63 bits per heavy atom. The Hall–Kier alpha value is -1.87. The number of hydrogen-bond donors (Lipinski definition) is 1. The molecular weight excluding hydrogens is 236 g/mol. The van der Waals surface area contributed by atoms with E-state index in [1.54, 1.807) is 6.20 Å². The van der Waals surface area contributed by atoms with Crippen LogP contribution in [-0.4, -0.2) is 11.5 Å². The van der Waals surface area contributed by atoms with Crippen LogP contribution in [0.25, 0.3) is 0 Å². The molecule has 19 heavy (non-hydrogen) atoms. The normalized spacial score (nSPS) is 10.4. The molecule has 2 aromatic rings. The van der Waals surface area contributed by atoms with Crippen molar-refractivity contribution in [2.75, 3.05) is 6.54 Å². The maximum Gasteiger partial charge on any atom is 0.148 e. The molecule has 0 saturated carbocycles. The summed E-state index contributed by atoms with van der Waals surface area (Å²) in [7, 11) is 0. The number of benzene rings is 1. The summed E-state index contributed by atoms with van der Waals surface area (Å²) < 4.78 is 5.81. The quantitative estimate of drug-likeness (QED) is 0.800. The first-order chi connectivity index (χ1) is 9.29. The molecular formula is C16H20N2O. The van der Waals surface area contributed by atoms with Gasteiger partial charge in [-0.25, -0.2) is 0 Å². The molecule has 0 fully saturated rings. The number of ether oxygens (including phenoxy) is 1. The molecule has 3 heteroatoms. The Bertz CT molecular complexity index is 508. The largest absolute Gasteiger partial charge is 0.455 e. The lowest BCUT2D eigenvalue weighted by Crippen LogP contribution is -2.13. The van der Waals surface area contributed by atoms with E-state index >= 15 is 0 Å². The Kier molecular flexibility index (Phi) is 4.93. The number of nitrogens with zero attached hydrogens (tertiary/aromatic N) is 1. The van der Waals surface area contributed by atoms with Gasteiger partial charge in [-0.3, -0.25) is 4.98 Å². The van der Waals surface area contributed by atoms with E-state index in [2.05, 4.69) is 29.4 Å². The van der Waals surface area contributed by atoms with Crippen LogP contribution in [0, 0.1) is 6.92 Å². The number of aromatic nitrogens is 1. The molecule has 1 aromatic heterocycles. The van der Waals surface area contributed by atoms with Gasteiger partial charge < -0.3 is 10.1 Å². The third-order valence-corrected chi connectivity index (χ3v) is 2.87. The van der Waals surface area contributed by atoms with Crippen molar-refractivity contribution >= 4 is 0 Å². The standard InChI is InChI=1S/C16H20N2O/c1-3-10-17-12-14-6-8-15(9-7-14)19-16-5-4-11-18-13(16)2/h4-9,11,17H,3,10,12H2,1-2H3. The molecule has 1 N–H and O–H groups in total. The van der Waals surface area contributed by atoms with E-state index in [0.717, 1.165) is 36.7 Å². The molecule has 3 nitrogen and oxygen atoms in total. The van der Waals surface area contributed by atoms with Gasteiger partial charge in [0.05, 0.1) is 5.69 Å². The zero-order valence-electron chi connectivity index (χ0n) is 11.5. The van der Waals surface area contributed by atoms with Crippen molar-refractivity contribution in [1.82, 2.24) is 10.3 Å². The van der Waals surface area contributed by atoms with Gasteiger partial charge in [-0.2, -0.15) is 0 Å². The van der Waals surface area contributed by atoms with Crippen molar-refractivity contribution in [2.45, 2.75) is 26.8 Å². The third kappa shape index (κ3) is 4.07. The lowest BCUT2D eigenvalue weighted by atomic mass is 10.2. The van der Waals surface area contributed by atoms with Gasteiger partial charge in [-0.15, -0.1) is 0 Å². The second kappa shape index (κ2) is 6.90.